The highest BCUT2D eigenvalue weighted by Crippen LogP contribution is 2.16. The van der Waals surface area contributed by atoms with E-state index in [9.17, 15) is 4.79 Å². The van der Waals surface area contributed by atoms with E-state index in [0.717, 1.165) is 32.4 Å². The molecular weight excluding hydrogens is 234 g/mol. The summed E-state index contributed by atoms with van der Waals surface area (Å²) in [4.78, 5) is 10.7. The van der Waals surface area contributed by atoms with Crippen LogP contribution in [0.4, 0.5) is 0 Å². The fraction of sp³-hybridized carbons (Fsp3) is 0.615. The zero-order valence-electron chi connectivity index (χ0n) is 10.9. The lowest BCUT2D eigenvalue weighted by molar-refractivity contribution is 0.0659. The largest absolute Gasteiger partial charge is 0.475 e. The van der Waals surface area contributed by atoms with Crippen molar-refractivity contribution in [1.82, 2.24) is 5.32 Å². The van der Waals surface area contributed by atoms with Crippen LogP contribution in [0.3, 0.4) is 0 Å². The van der Waals surface area contributed by atoms with Gasteiger partial charge in [-0.3, -0.25) is 0 Å². The number of hydrogen-bond donors (Lipinski definition) is 2. The summed E-state index contributed by atoms with van der Waals surface area (Å²) in [5, 5.41) is 12.1. The minimum atomic E-state index is -1.03. The Balaban J connectivity index is 2.23. The van der Waals surface area contributed by atoms with Crippen molar-refractivity contribution in [3.05, 3.63) is 23.7 Å². The fourth-order valence-corrected chi connectivity index (χ4v) is 1.67. The van der Waals surface area contributed by atoms with E-state index in [2.05, 4.69) is 5.32 Å². The molecule has 0 fully saturated rings. The Morgan fingerprint density at radius 1 is 1.44 bits per heavy atom. The highest BCUT2D eigenvalue weighted by Gasteiger charge is 2.13. The van der Waals surface area contributed by atoms with E-state index >= 15 is 0 Å². The molecule has 1 rings (SSSR count). The lowest BCUT2D eigenvalue weighted by Crippen LogP contribution is -2.19. The van der Waals surface area contributed by atoms with Gasteiger partial charge < -0.3 is 19.6 Å². The van der Waals surface area contributed by atoms with Gasteiger partial charge in [-0.2, -0.15) is 0 Å². The van der Waals surface area contributed by atoms with Crippen LogP contribution in [0.2, 0.25) is 0 Å². The van der Waals surface area contributed by atoms with E-state index in [-0.39, 0.29) is 11.8 Å². The van der Waals surface area contributed by atoms with Crippen LogP contribution in [0.15, 0.2) is 16.5 Å². The Labute approximate surface area is 107 Å². The van der Waals surface area contributed by atoms with Gasteiger partial charge in [0.15, 0.2) is 0 Å². The Morgan fingerprint density at radius 3 is 2.83 bits per heavy atom. The summed E-state index contributed by atoms with van der Waals surface area (Å²) in [6, 6.07) is 3.21. The van der Waals surface area contributed by atoms with Crippen molar-refractivity contribution in [1.29, 1.82) is 0 Å². The molecule has 18 heavy (non-hydrogen) atoms. The molecule has 0 aliphatic rings. The van der Waals surface area contributed by atoms with E-state index in [1.54, 1.807) is 13.2 Å². The first kappa shape index (κ1) is 14.7. The van der Waals surface area contributed by atoms with Crippen LogP contribution in [-0.2, 0) is 4.74 Å². The lowest BCUT2D eigenvalue weighted by atomic mass is 10.2. The third kappa shape index (κ3) is 4.89. The maximum atomic E-state index is 10.7. The molecular formula is C13H21NO4. The second-order valence-corrected chi connectivity index (χ2v) is 4.24. The number of rotatable bonds is 9. The predicted octanol–water partition coefficient (Wildman–Crippen LogP) is 2.45. The molecule has 0 saturated heterocycles. The van der Waals surface area contributed by atoms with Crippen LogP contribution in [0, 0.1) is 0 Å². The number of ether oxygens (including phenoxy) is 1. The van der Waals surface area contributed by atoms with Gasteiger partial charge in [0.1, 0.15) is 5.76 Å². The number of methoxy groups -OCH3 is 1. The van der Waals surface area contributed by atoms with E-state index in [1.807, 2.05) is 6.92 Å². The van der Waals surface area contributed by atoms with Crippen molar-refractivity contribution in [3.8, 4) is 0 Å². The third-order valence-corrected chi connectivity index (χ3v) is 2.74. The average molecular weight is 255 g/mol. The van der Waals surface area contributed by atoms with Crippen LogP contribution in [-0.4, -0.2) is 31.3 Å². The second-order valence-electron chi connectivity index (χ2n) is 4.24. The van der Waals surface area contributed by atoms with Crippen LogP contribution in [0.25, 0.3) is 0 Å². The minimum Gasteiger partial charge on any atom is -0.475 e. The first-order chi connectivity index (χ1) is 8.65. The van der Waals surface area contributed by atoms with Crippen molar-refractivity contribution in [3.63, 3.8) is 0 Å². The molecule has 0 aliphatic heterocycles. The van der Waals surface area contributed by atoms with Crippen molar-refractivity contribution in [2.45, 2.75) is 32.2 Å². The topological polar surface area (TPSA) is 71.7 Å². The normalized spacial score (nSPS) is 12.6. The van der Waals surface area contributed by atoms with E-state index in [1.165, 1.54) is 6.07 Å². The summed E-state index contributed by atoms with van der Waals surface area (Å²) in [6.45, 7) is 3.64. The molecule has 0 spiro atoms. The highest BCUT2D eigenvalue weighted by molar-refractivity contribution is 5.84. The molecule has 0 amide bonds. The summed E-state index contributed by atoms with van der Waals surface area (Å²) >= 11 is 0. The van der Waals surface area contributed by atoms with Gasteiger partial charge in [-0.15, -0.1) is 0 Å². The quantitative estimate of drug-likeness (QED) is 0.663. The van der Waals surface area contributed by atoms with E-state index in [4.69, 9.17) is 14.3 Å². The predicted molar refractivity (Wildman–Crippen MR) is 67.8 cm³/mol. The van der Waals surface area contributed by atoms with Gasteiger partial charge in [0.25, 0.3) is 0 Å². The molecule has 1 heterocycles. The molecule has 1 aromatic heterocycles. The van der Waals surface area contributed by atoms with Crippen molar-refractivity contribution < 1.29 is 19.1 Å². The molecule has 1 atom stereocenters. The van der Waals surface area contributed by atoms with Crippen molar-refractivity contribution >= 4 is 5.97 Å². The van der Waals surface area contributed by atoms with Crippen molar-refractivity contribution in [2.24, 2.45) is 0 Å². The Morgan fingerprint density at radius 2 is 2.22 bits per heavy atom. The number of nitrogens with one attached hydrogen (secondary N) is 1. The first-order valence-corrected chi connectivity index (χ1v) is 6.20. The van der Waals surface area contributed by atoms with Crippen LogP contribution < -0.4 is 5.32 Å². The van der Waals surface area contributed by atoms with Gasteiger partial charge >= 0.3 is 5.97 Å². The van der Waals surface area contributed by atoms with Crippen LogP contribution in [0.5, 0.6) is 0 Å². The van der Waals surface area contributed by atoms with Gasteiger partial charge in [-0.25, -0.2) is 4.79 Å². The molecule has 102 valence electrons. The maximum absolute atomic E-state index is 10.7. The van der Waals surface area contributed by atoms with E-state index in [0.29, 0.717) is 5.76 Å². The smallest absolute Gasteiger partial charge is 0.371 e. The van der Waals surface area contributed by atoms with Crippen molar-refractivity contribution in [2.75, 3.05) is 20.3 Å². The number of carboxylic acids is 1. The van der Waals surface area contributed by atoms with Crippen LogP contribution >= 0.6 is 0 Å². The molecule has 0 aliphatic carbocycles. The summed E-state index contributed by atoms with van der Waals surface area (Å²) in [6.07, 6.45) is 3.25. The Bertz CT molecular complexity index is 362. The number of aromatic carboxylic acids is 1. The van der Waals surface area contributed by atoms with Gasteiger partial charge in [0, 0.05) is 13.7 Å². The summed E-state index contributed by atoms with van der Waals surface area (Å²) in [7, 11) is 1.71. The highest BCUT2D eigenvalue weighted by atomic mass is 16.5. The molecule has 1 aromatic rings. The van der Waals surface area contributed by atoms with Gasteiger partial charge in [-0.05, 0) is 44.9 Å². The molecule has 5 heteroatoms. The summed E-state index contributed by atoms with van der Waals surface area (Å²) < 4.78 is 10.2. The molecule has 2 N–H and O–H groups in total. The average Bonchev–Trinajstić information content (AvgIpc) is 2.83. The maximum Gasteiger partial charge on any atom is 0.371 e. The molecule has 1 unspecified atom stereocenters. The third-order valence-electron chi connectivity index (χ3n) is 2.74. The molecule has 0 bridgehead atoms. The number of unbranched alkanes of at least 4 members (excludes halogenated alkanes) is 2. The standard InChI is InChI=1S/C13H21NO4/c1-10(14-8-4-3-5-9-17-2)11-6-7-12(18-11)13(15)16/h6-7,10,14H,3-5,8-9H2,1-2H3,(H,15,16). The minimum absolute atomic E-state index is 0.0151. The number of carbonyl (C=O) groups is 1. The fourth-order valence-electron chi connectivity index (χ4n) is 1.67. The zero-order chi connectivity index (χ0) is 13.4. The number of hydrogen-bond acceptors (Lipinski definition) is 4. The molecule has 0 aromatic carbocycles. The monoisotopic (exact) mass is 255 g/mol. The first-order valence-electron chi connectivity index (χ1n) is 6.20. The van der Waals surface area contributed by atoms with E-state index < -0.39 is 5.97 Å². The zero-order valence-corrected chi connectivity index (χ0v) is 10.9. The Hall–Kier alpha value is -1.33. The second kappa shape index (κ2) is 7.89. The van der Waals surface area contributed by atoms with Crippen LogP contribution in [0.1, 0.15) is 48.5 Å². The van der Waals surface area contributed by atoms with Gasteiger partial charge in [0.05, 0.1) is 6.04 Å². The molecule has 0 radical (unpaired) electrons. The van der Waals surface area contributed by atoms with Gasteiger partial charge in [0.2, 0.25) is 5.76 Å². The molecule has 5 nitrogen and oxygen atoms in total. The lowest BCUT2D eigenvalue weighted by Gasteiger charge is -2.10. The summed E-state index contributed by atoms with van der Waals surface area (Å²) in [5.41, 5.74) is 0. The molecule has 0 saturated carbocycles. The summed E-state index contributed by atoms with van der Waals surface area (Å²) in [5.74, 6) is -0.393. The van der Waals surface area contributed by atoms with Gasteiger partial charge in [-0.1, -0.05) is 0 Å². The number of furan rings is 1. The SMILES string of the molecule is COCCCCCNC(C)c1ccc(C(=O)O)o1. The number of carboxylic acid groups (broad SMARTS) is 1. The Kier molecular flexibility index (Phi) is 6.46.